The summed E-state index contributed by atoms with van der Waals surface area (Å²) in [7, 11) is 0. The molecule has 1 aliphatic heterocycles. The first-order chi connectivity index (χ1) is 12.2. The highest BCUT2D eigenvalue weighted by molar-refractivity contribution is 6.29. The van der Waals surface area contributed by atoms with Gasteiger partial charge < -0.3 is 14.6 Å². The predicted octanol–water partition coefficient (Wildman–Crippen LogP) is 1.85. The van der Waals surface area contributed by atoms with E-state index < -0.39 is 0 Å². The van der Waals surface area contributed by atoms with Crippen molar-refractivity contribution in [1.29, 1.82) is 0 Å². The third kappa shape index (κ3) is 5.26. The maximum atomic E-state index is 12.2. The summed E-state index contributed by atoms with van der Waals surface area (Å²) < 4.78 is 10.4. The topological polar surface area (TPSA) is 80.5 Å². The van der Waals surface area contributed by atoms with E-state index in [1.54, 1.807) is 12.3 Å². The molecular weight excluding hydrogens is 344 g/mol. The number of nitrogens with zero attached hydrogens (tertiary/aromatic N) is 3. The first kappa shape index (κ1) is 17.8. The van der Waals surface area contributed by atoms with Crippen molar-refractivity contribution in [2.24, 2.45) is 0 Å². The lowest BCUT2D eigenvalue weighted by molar-refractivity contribution is -0.121. The van der Waals surface area contributed by atoms with Crippen molar-refractivity contribution in [2.45, 2.75) is 18.9 Å². The first-order valence-corrected chi connectivity index (χ1v) is 8.70. The van der Waals surface area contributed by atoms with E-state index in [9.17, 15) is 4.79 Å². The minimum Gasteiger partial charge on any atom is -0.379 e. The summed E-state index contributed by atoms with van der Waals surface area (Å²) in [6.45, 7) is 3.56. The highest BCUT2D eigenvalue weighted by Crippen LogP contribution is 2.19. The Balaban J connectivity index is 1.55. The molecule has 1 amide bonds. The highest BCUT2D eigenvalue weighted by atomic mass is 35.5. The van der Waals surface area contributed by atoms with Gasteiger partial charge in [-0.05, 0) is 12.1 Å². The molecule has 0 aromatic carbocycles. The molecule has 3 rings (SSSR count). The van der Waals surface area contributed by atoms with Crippen molar-refractivity contribution in [3.63, 3.8) is 0 Å². The number of aromatic nitrogens is 2. The molecule has 0 radical (unpaired) electrons. The Kier molecular flexibility index (Phi) is 6.38. The Hall–Kier alpha value is -1.96. The van der Waals surface area contributed by atoms with E-state index in [1.807, 2.05) is 18.2 Å². The number of carbonyl (C=O) groups excluding carboxylic acids is 1. The molecule has 1 fully saturated rings. The van der Waals surface area contributed by atoms with Gasteiger partial charge in [-0.3, -0.25) is 14.7 Å². The van der Waals surface area contributed by atoms with Crippen molar-refractivity contribution < 1.29 is 14.1 Å². The van der Waals surface area contributed by atoms with Crippen LogP contribution in [0.15, 0.2) is 35.0 Å². The zero-order valence-electron chi connectivity index (χ0n) is 13.9. The molecule has 3 heterocycles. The van der Waals surface area contributed by atoms with Gasteiger partial charge in [0.15, 0.2) is 5.15 Å². The molecule has 134 valence electrons. The van der Waals surface area contributed by atoms with E-state index in [2.05, 4.69) is 20.4 Å². The van der Waals surface area contributed by atoms with Crippen LogP contribution in [0, 0.1) is 0 Å². The van der Waals surface area contributed by atoms with Gasteiger partial charge in [-0.25, -0.2) is 0 Å². The molecule has 1 N–H and O–H groups in total. The van der Waals surface area contributed by atoms with Crippen LogP contribution in [0.2, 0.25) is 5.15 Å². The molecule has 1 saturated heterocycles. The van der Waals surface area contributed by atoms with Gasteiger partial charge in [0.25, 0.3) is 0 Å². The number of carbonyl (C=O) groups is 1. The van der Waals surface area contributed by atoms with Crippen molar-refractivity contribution in [3.8, 4) is 0 Å². The summed E-state index contributed by atoms with van der Waals surface area (Å²) in [6.07, 6.45) is 2.57. The van der Waals surface area contributed by atoms with Crippen LogP contribution in [-0.2, 0) is 16.0 Å². The van der Waals surface area contributed by atoms with Crippen molar-refractivity contribution in [1.82, 2.24) is 20.4 Å². The number of halogens is 1. The molecule has 0 aliphatic carbocycles. The van der Waals surface area contributed by atoms with E-state index in [-0.39, 0.29) is 11.9 Å². The molecule has 0 bridgehead atoms. The molecule has 0 unspecified atom stereocenters. The second kappa shape index (κ2) is 8.94. The van der Waals surface area contributed by atoms with E-state index >= 15 is 0 Å². The summed E-state index contributed by atoms with van der Waals surface area (Å²) in [5.74, 6) is 0.566. The van der Waals surface area contributed by atoms with Gasteiger partial charge in [0.05, 0.1) is 24.9 Å². The average molecular weight is 365 g/mol. The lowest BCUT2D eigenvalue weighted by Crippen LogP contribution is -2.44. The van der Waals surface area contributed by atoms with Crippen molar-refractivity contribution >= 4 is 17.5 Å². The number of morpholine rings is 1. The monoisotopic (exact) mass is 364 g/mol. The maximum Gasteiger partial charge on any atom is 0.220 e. The van der Waals surface area contributed by atoms with Gasteiger partial charge in [-0.2, -0.15) is 0 Å². The number of aryl methyl sites for hydroxylation is 1. The van der Waals surface area contributed by atoms with E-state index in [0.717, 1.165) is 18.8 Å². The normalized spacial score (nSPS) is 16.5. The summed E-state index contributed by atoms with van der Waals surface area (Å²) in [4.78, 5) is 18.9. The summed E-state index contributed by atoms with van der Waals surface area (Å²) in [5, 5.41) is 6.90. The molecule has 1 aliphatic rings. The Morgan fingerprint density at radius 3 is 2.88 bits per heavy atom. The largest absolute Gasteiger partial charge is 0.379 e. The van der Waals surface area contributed by atoms with E-state index in [1.165, 1.54) is 0 Å². The van der Waals surface area contributed by atoms with Crippen LogP contribution in [-0.4, -0.2) is 53.8 Å². The maximum absolute atomic E-state index is 12.2. The van der Waals surface area contributed by atoms with Crippen LogP contribution in [0.5, 0.6) is 0 Å². The van der Waals surface area contributed by atoms with Crippen LogP contribution < -0.4 is 5.32 Å². The van der Waals surface area contributed by atoms with Gasteiger partial charge in [0.1, 0.15) is 5.76 Å². The Morgan fingerprint density at radius 2 is 2.20 bits per heavy atom. The van der Waals surface area contributed by atoms with Crippen molar-refractivity contribution in [2.75, 3.05) is 32.8 Å². The van der Waals surface area contributed by atoms with Gasteiger partial charge in [0.2, 0.25) is 5.91 Å². The third-order valence-electron chi connectivity index (χ3n) is 4.14. The molecule has 0 spiro atoms. The second-order valence-corrected chi connectivity index (χ2v) is 6.23. The van der Waals surface area contributed by atoms with Crippen LogP contribution in [0.25, 0.3) is 0 Å². The van der Waals surface area contributed by atoms with Crippen molar-refractivity contribution in [3.05, 3.63) is 47.1 Å². The van der Waals surface area contributed by atoms with Gasteiger partial charge >= 0.3 is 0 Å². The summed E-state index contributed by atoms with van der Waals surface area (Å²) >= 11 is 5.70. The lowest BCUT2D eigenvalue weighted by Gasteiger charge is -2.34. The third-order valence-corrected chi connectivity index (χ3v) is 4.31. The minimum atomic E-state index is -0.0401. The number of hydrogen-bond donors (Lipinski definition) is 1. The van der Waals surface area contributed by atoms with Crippen LogP contribution in [0.4, 0.5) is 0 Å². The molecule has 0 saturated carbocycles. The number of rotatable bonds is 7. The van der Waals surface area contributed by atoms with Crippen LogP contribution in [0.3, 0.4) is 0 Å². The highest BCUT2D eigenvalue weighted by Gasteiger charge is 2.24. The average Bonchev–Trinajstić information content (AvgIpc) is 3.07. The fourth-order valence-corrected chi connectivity index (χ4v) is 2.98. The summed E-state index contributed by atoms with van der Waals surface area (Å²) in [5.41, 5.74) is 0.951. The molecular formula is C17H21ClN4O3. The Bertz CT molecular complexity index is 674. The lowest BCUT2D eigenvalue weighted by atomic mass is 10.1. The summed E-state index contributed by atoms with van der Waals surface area (Å²) in [6, 6.07) is 7.50. The van der Waals surface area contributed by atoms with E-state index in [4.69, 9.17) is 20.9 Å². The van der Waals surface area contributed by atoms with E-state index in [0.29, 0.717) is 43.5 Å². The van der Waals surface area contributed by atoms with Gasteiger partial charge in [-0.1, -0.05) is 22.8 Å². The second-order valence-electron chi connectivity index (χ2n) is 5.84. The number of hydrogen-bond acceptors (Lipinski definition) is 6. The molecule has 25 heavy (non-hydrogen) atoms. The smallest absolute Gasteiger partial charge is 0.220 e. The quantitative estimate of drug-likeness (QED) is 0.807. The standard InChI is InChI=1S/C17H21ClN4O3/c18-16-11-13(25-21-16)4-5-17(23)20-12-15(14-3-1-2-6-19-14)22-7-9-24-10-8-22/h1-3,6,11,15H,4-5,7-10,12H2,(H,20,23)/t15-/m0/s1. The van der Waals surface area contributed by atoms with Gasteiger partial charge in [0, 0.05) is 44.7 Å². The van der Waals surface area contributed by atoms with Gasteiger partial charge in [-0.15, -0.1) is 0 Å². The first-order valence-electron chi connectivity index (χ1n) is 8.33. The molecule has 8 heteroatoms. The molecule has 2 aromatic heterocycles. The fourth-order valence-electron chi connectivity index (χ4n) is 2.82. The SMILES string of the molecule is O=C(CCc1cc(Cl)no1)NC[C@@H](c1ccccn1)N1CCOCC1. The molecule has 1 atom stereocenters. The number of pyridine rings is 1. The van der Waals surface area contributed by atoms with Crippen LogP contribution >= 0.6 is 11.6 Å². The Morgan fingerprint density at radius 1 is 1.36 bits per heavy atom. The van der Waals surface area contributed by atoms with Crippen LogP contribution in [0.1, 0.15) is 23.9 Å². The number of amides is 1. The minimum absolute atomic E-state index is 0.0359. The zero-order valence-corrected chi connectivity index (χ0v) is 14.6. The fraction of sp³-hybridized carbons (Fsp3) is 0.471. The number of nitrogens with one attached hydrogen (secondary N) is 1. The Labute approximate surface area is 151 Å². The zero-order chi connectivity index (χ0) is 17.5. The predicted molar refractivity (Wildman–Crippen MR) is 92.2 cm³/mol. The molecule has 2 aromatic rings. The number of ether oxygens (including phenoxy) is 1. The molecule has 7 nitrogen and oxygen atoms in total.